The summed E-state index contributed by atoms with van der Waals surface area (Å²) in [6.07, 6.45) is 4.19. The molecule has 5 nitrogen and oxygen atoms in total. The predicted octanol–water partition coefficient (Wildman–Crippen LogP) is 4.76. The summed E-state index contributed by atoms with van der Waals surface area (Å²) >= 11 is 6.88. The third-order valence-electron chi connectivity index (χ3n) is 4.24. The van der Waals surface area contributed by atoms with Crippen LogP contribution in [0.3, 0.4) is 0 Å². The Morgan fingerprint density at radius 2 is 1.96 bits per heavy atom. The molecule has 5 rings (SSSR count). The number of halogens is 1. The van der Waals surface area contributed by atoms with Crippen LogP contribution in [-0.2, 0) is 0 Å². The highest BCUT2D eigenvalue weighted by atomic mass is 79.9. The maximum absolute atomic E-state index is 5.67. The van der Waals surface area contributed by atoms with Crippen molar-refractivity contribution in [1.82, 2.24) is 4.68 Å². The van der Waals surface area contributed by atoms with Crippen molar-refractivity contribution < 1.29 is 9.47 Å². The van der Waals surface area contributed by atoms with Gasteiger partial charge in [-0.15, -0.1) is 22.7 Å². The number of hydrogen-bond donors (Lipinski definition) is 0. The smallest absolute Gasteiger partial charge is 0.206 e. The molecule has 0 unspecified atom stereocenters. The van der Waals surface area contributed by atoms with E-state index in [0.29, 0.717) is 19.3 Å². The van der Waals surface area contributed by atoms with Crippen molar-refractivity contribution in [2.24, 2.45) is 10.1 Å². The van der Waals surface area contributed by atoms with Gasteiger partial charge in [0.05, 0.1) is 26.6 Å². The molecular weight excluding hydrogens is 446 g/mol. The zero-order valence-electron chi connectivity index (χ0n) is 14.3. The molecule has 1 fully saturated rings. The standard InChI is InChI=1S/C19H16BrN3O2S2/c20-18-6-5-17(27-18)14-11-26-19(22-13-2-3-13)23(14)21-10-12-1-4-15-16(9-12)25-8-7-24-15/h1,4-6,9-11,13H,2-3,7-8H2/b21-10+,22-19?. The molecule has 0 N–H and O–H groups in total. The Morgan fingerprint density at radius 1 is 1.11 bits per heavy atom. The minimum absolute atomic E-state index is 0.447. The Bertz CT molecular complexity index is 1080. The first-order valence-electron chi connectivity index (χ1n) is 8.70. The highest BCUT2D eigenvalue weighted by Crippen LogP contribution is 2.32. The molecule has 8 heteroatoms. The normalized spacial score (nSPS) is 17.0. The van der Waals surface area contributed by atoms with Gasteiger partial charge in [0.1, 0.15) is 13.2 Å². The van der Waals surface area contributed by atoms with Crippen molar-refractivity contribution in [2.45, 2.75) is 18.9 Å². The first kappa shape index (κ1) is 17.2. The minimum atomic E-state index is 0.447. The van der Waals surface area contributed by atoms with E-state index in [9.17, 15) is 0 Å². The van der Waals surface area contributed by atoms with Gasteiger partial charge in [-0.2, -0.15) is 5.10 Å². The molecule has 0 atom stereocenters. The Morgan fingerprint density at radius 3 is 2.74 bits per heavy atom. The van der Waals surface area contributed by atoms with Gasteiger partial charge in [-0.05, 0) is 64.7 Å². The molecule has 2 aromatic heterocycles. The van der Waals surface area contributed by atoms with E-state index in [1.54, 1.807) is 22.7 Å². The number of thiophene rings is 1. The van der Waals surface area contributed by atoms with Gasteiger partial charge in [0.2, 0.25) is 4.80 Å². The van der Waals surface area contributed by atoms with Crippen LogP contribution in [0.25, 0.3) is 10.6 Å². The molecule has 27 heavy (non-hydrogen) atoms. The van der Waals surface area contributed by atoms with E-state index in [-0.39, 0.29) is 0 Å². The molecule has 138 valence electrons. The van der Waals surface area contributed by atoms with Gasteiger partial charge in [-0.25, -0.2) is 4.68 Å². The summed E-state index contributed by atoms with van der Waals surface area (Å²) in [5.74, 6) is 1.56. The molecule has 3 aromatic rings. The zero-order valence-corrected chi connectivity index (χ0v) is 17.5. The van der Waals surface area contributed by atoms with Gasteiger partial charge in [0.25, 0.3) is 0 Å². The number of fused-ring (bicyclic) bond motifs is 1. The first-order chi connectivity index (χ1) is 13.3. The number of nitrogens with zero attached hydrogens (tertiary/aromatic N) is 3. The number of ether oxygens (including phenoxy) is 2. The van der Waals surface area contributed by atoms with E-state index < -0.39 is 0 Å². The maximum Gasteiger partial charge on any atom is 0.206 e. The molecule has 3 heterocycles. The molecule has 1 aromatic carbocycles. The van der Waals surface area contributed by atoms with E-state index >= 15 is 0 Å². The van der Waals surface area contributed by atoms with E-state index in [2.05, 4.69) is 33.4 Å². The van der Waals surface area contributed by atoms with Gasteiger partial charge >= 0.3 is 0 Å². The lowest BCUT2D eigenvalue weighted by molar-refractivity contribution is 0.171. The number of hydrogen-bond acceptors (Lipinski definition) is 6. The minimum Gasteiger partial charge on any atom is -0.486 e. The van der Waals surface area contributed by atoms with E-state index in [4.69, 9.17) is 19.6 Å². The highest BCUT2D eigenvalue weighted by molar-refractivity contribution is 9.11. The molecule has 0 spiro atoms. The fourth-order valence-electron chi connectivity index (χ4n) is 2.75. The van der Waals surface area contributed by atoms with Crippen LogP contribution in [0.15, 0.2) is 49.6 Å². The lowest BCUT2D eigenvalue weighted by atomic mass is 10.2. The van der Waals surface area contributed by atoms with Gasteiger partial charge in [-0.3, -0.25) is 4.99 Å². The fraction of sp³-hybridized carbons (Fsp3) is 0.263. The Labute approximate surface area is 172 Å². The number of benzene rings is 1. The summed E-state index contributed by atoms with van der Waals surface area (Å²) in [4.78, 5) is 6.92. The third-order valence-corrected chi connectivity index (χ3v) is 6.72. The van der Waals surface area contributed by atoms with Crippen LogP contribution >= 0.6 is 38.6 Å². The average molecular weight is 462 g/mol. The van der Waals surface area contributed by atoms with Crippen molar-refractivity contribution >= 4 is 44.8 Å². The lowest BCUT2D eigenvalue weighted by Crippen LogP contribution is -2.15. The van der Waals surface area contributed by atoms with Crippen molar-refractivity contribution in [3.63, 3.8) is 0 Å². The second kappa shape index (κ2) is 7.26. The monoisotopic (exact) mass is 461 g/mol. The van der Waals surface area contributed by atoms with Gasteiger partial charge in [-0.1, -0.05) is 0 Å². The second-order valence-corrected chi connectivity index (χ2v) is 9.63. The van der Waals surface area contributed by atoms with E-state index in [0.717, 1.165) is 36.2 Å². The van der Waals surface area contributed by atoms with Crippen molar-refractivity contribution in [2.75, 3.05) is 13.2 Å². The summed E-state index contributed by atoms with van der Waals surface area (Å²) < 4.78 is 14.3. The van der Waals surface area contributed by atoms with Crippen LogP contribution < -0.4 is 14.3 Å². The Hall–Kier alpha value is -1.90. The van der Waals surface area contributed by atoms with Crippen LogP contribution in [-0.4, -0.2) is 30.1 Å². The fourth-order valence-corrected chi connectivity index (χ4v) is 5.11. The lowest BCUT2D eigenvalue weighted by Gasteiger charge is -2.18. The summed E-state index contributed by atoms with van der Waals surface area (Å²) in [7, 11) is 0. The van der Waals surface area contributed by atoms with Crippen LogP contribution in [0.5, 0.6) is 11.5 Å². The quantitative estimate of drug-likeness (QED) is 0.525. The predicted molar refractivity (Wildman–Crippen MR) is 112 cm³/mol. The molecule has 2 aliphatic rings. The second-order valence-electron chi connectivity index (χ2n) is 6.33. The van der Waals surface area contributed by atoms with Crippen molar-refractivity contribution in [1.29, 1.82) is 0 Å². The number of aromatic nitrogens is 1. The zero-order chi connectivity index (χ0) is 18.2. The topological polar surface area (TPSA) is 48.1 Å². The number of rotatable bonds is 4. The third kappa shape index (κ3) is 3.74. The van der Waals surface area contributed by atoms with Crippen LogP contribution in [0, 0.1) is 0 Å². The van der Waals surface area contributed by atoms with Crippen molar-refractivity contribution in [3.8, 4) is 22.1 Å². The van der Waals surface area contributed by atoms with Crippen LogP contribution in [0.2, 0.25) is 0 Å². The Balaban J connectivity index is 1.53. The molecule has 1 saturated carbocycles. The average Bonchev–Trinajstić information content (AvgIpc) is 3.26. The summed E-state index contributed by atoms with van der Waals surface area (Å²) in [5.41, 5.74) is 2.03. The summed E-state index contributed by atoms with van der Waals surface area (Å²) in [6, 6.07) is 10.5. The van der Waals surface area contributed by atoms with Crippen molar-refractivity contribution in [3.05, 3.63) is 49.9 Å². The molecule has 1 aliphatic carbocycles. The van der Waals surface area contributed by atoms with E-state index in [1.807, 2.05) is 29.1 Å². The first-order valence-corrected chi connectivity index (χ1v) is 11.2. The highest BCUT2D eigenvalue weighted by Gasteiger charge is 2.21. The maximum atomic E-state index is 5.67. The Kier molecular flexibility index (Phi) is 4.63. The summed E-state index contributed by atoms with van der Waals surface area (Å²) in [5, 5.41) is 6.88. The largest absolute Gasteiger partial charge is 0.486 e. The van der Waals surface area contributed by atoms with Crippen LogP contribution in [0.4, 0.5) is 0 Å². The molecule has 1 aliphatic heterocycles. The van der Waals surface area contributed by atoms with Gasteiger partial charge < -0.3 is 9.47 Å². The van der Waals surface area contributed by atoms with Crippen LogP contribution in [0.1, 0.15) is 18.4 Å². The molecular formula is C19H16BrN3O2S2. The molecule has 0 radical (unpaired) electrons. The molecule has 0 bridgehead atoms. The summed E-state index contributed by atoms with van der Waals surface area (Å²) in [6.45, 7) is 1.17. The van der Waals surface area contributed by atoms with E-state index in [1.165, 1.54) is 12.8 Å². The molecule has 0 amide bonds. The molecule has 0 saturated heterocycles. The SMILES string of the molecule is Brc1ccc(-c2csc(=NC3CC3)n2/N=C/c2ccc3c(c2)OCCO3)s1. The van der Waals surface area contributed by atoms with Gasteiger partial charge in [0, 0.05) is 5.38 Å². The number of thiazole rings is 1. The van der Waals surface area contributed by atoms with Gasteiger partial charge in [0.15, 0.2) is 11.5 Å².